The first-order valence-electron chi connectivity index (χ1n) is 8.32. The lowest BCUT2D eigenvalue weighted by Crippen LogP contribution is -2.44. The summed E-state index contributed by atoms with van der Waals surface area (Å²) in [5, 5.41) is 4.97. The van der Waals surface area contributed by atoms with Crippen LogP contribution in [0.15, 0.2) is 48.5 Å². The molecule has 2 aromatic rings. The van der Waals surface area contributed by atoms with Crippen molar-refractivity contribution in [3.63, 3.8) is 0 Å². The minimum atomic E-state index is -0.821. The zero-order valence-corrected chi connectivity index (χ0v) is 14.6. The highest BCUT2D eigenvalue weighted by Crippen LogP contribution is 2.28. The third-order valence-electron chi connectivity index (χ3n) is 3.93. The van der Waals surface area contributed by atoms with Gasteiger partial charge in [-0.2, -0.15) is 0 Å². The molecule has 0 unspecified atom stereocenters. The standard InChI is InChI=1S/C19H16FN3O5/c20-13-7-5-12(6-8-13)19(27)21-9-18(26)28-11-17(25)23-10-16(24)22-14-3-1-2-4-15(14)23/h1-8H,9-11H2,(H,21,27)(H,22,24). The molecule has 28 heavy (non-hydrogen) atoms. The number of esters is 1. The molecule has 3 rings (SSSR count). The van der Waals surface area contributed by atoms with Crippen LogP contribution in [0.2, 0.25) is 0 Å². The summed E-state index contributed by atoms with van der Waals surface area (Å²) in [5.41, 5.74) is 1.18. The fourth-order valence-electron chi connectivity index (χ4n) is 2.58. The van der Waals surface area contributed by atoms with Gasteiger partial charge in [0.2, 0.25) is 5.91 Å². The summed E-state index contributed by atoms with van der Waals surface area (Å²) in [7, 11) is 0. The van der Waals surface area contributed by atoms with Crippen LogP contribution >= 0.6 is 0 Å². The highest BCUT2D eigenvalue weighted by Gasteiger charge is 2.27. The smallest absolute Gasteiger partial charge is 0.325 e. The first-order chi connectivity index (χ1) is 13.4. The molecule has 0 bridgehead atoms. The SMILES string of the molecule is O=C1CN(C(=O)COC(=O)CNC(=O)c2ccc(F)cc2)c2ccccc2N1. The lowest BCUT2D eigenvalue weighted by molar-refractivity contribution is -0.146. The van der Waals surface area contributed by atoms with E-state index in [1.165, 1.54) is 17.0 Å². The lowest BCUT2D eigenvalue weighted by atomic mass is 10.2. The van der Waals surface area contributed by atoms with E-state index < -0.39 is 36.8 Å². The van der Waals surface area contributed by atoms with Crippen molar-refractivity contribution in [3.8, 4) is 0 Å². The van der Waals surface area contributed by atoms with Gasteiger partial charge in [0.05, 0.1) is 11.4 Å². The fourth-order valence-corrected chi connectivity index (χ4v) is 2.58. The van der Waals surface area contributed by atoms with Crippen LogP contribution in [-0.2, 0) is 19.1 Å². The molecule has 0 atom stereocenters. The Balaban J connectivity index is 1.51. The van der Waals surface area contributed by atoms with Gasteiger partial charge in [0, 0.05) is 5.56 Å². The van der Waals surface area contributed by atoms with Crippen LogP contribution in [0.3, 0.4) is 0 Å². The molecular weight excluding hydrogens is 369 g/mol. The Bertz CT molecular complexity index is 929. The number of nitrogens with one attached hydrogen (secondary N) is 2. The number of carbonyl (C=O) groups is 4. The number of carbonyl (C=O) groups excluding carboxylic acids is 4. The maximum atomic E-state index is 12.8. The average Bonchev–Trinajstić information content (AvgIpc) is 2.70. The van der Waals surface area contributed by atoms with Gasteiger partial charge in [0.15, 0.2) is 6.61 Å². The van der Waals surface area contributed by atoms with E-state index in [1.54, 1.807) is 24.3 Å². The lowest BCUT2D eigenvalue weighted by Gasteiger charge is -2.28. The van der Waals surface area contributed by atoms with Crippen LogP contribution in [0.25, 0.3) is 0 Å². The van der Waals surface area contributed by atoms with Crippen LogP contribution in [0.1, 0.15) is 10.4 Å². The monoisotopic (exact) mass is 385 g/mol. The van der Waals surface area contributed by atoms with E-state index in [-0.39, 0.29) is 18.0 Å². The Morgan fingerprint density at radius 2 is 1.82 bits per heavy atom. The zero-order valence-electron chi connectivity index (χ0n) is 14.6. The highest BCUT2D eigenvalue weighted by molar-refractivity contribution is 6.10. The molecule has 0 saturated carbocycles. The molecule has 2 N–H and O–H groups in total. The van der Waals surface area contributed by atoms with E-state index in [1.807, 2.05) is 0 Å². The number of ether oxygens (including phenoxy) is 1. The molecule has 2 aromatic carbocycles. The van der Waals surface area contributed by atoms with Gasteiger partial charge >= 0.3 is 5.97 Å². The van der Waals surface area contributed by atoms with Gasteiger partial charge in [-0.1, -0.05) is 12.1 Å². The molecule has 3 amide bonds. The van der Waals surface area contributed by atoms with Crippen molar-refractivity contribution in [2.24, 2.45) is 0 Å². The van der Waals surface area contributed by atoms with Crippen LogP contribution in [0, 0.1) is 5.82 Å². The predicted octanol–water partition coefficient (Wildman–Crippen LogP) is 1.08. The molecule has 0 fully saturated rings. The molecule has 144 valence electrons. The van der Waals surface area contributed by atoms with Gasteiger partial charge in [-0.3, -0.25) is 24.1 Å². The summed E-state index contributed by atoms with van der Waals surface area (Å²) in [6.07, 6.45) is 0. The first-order valence-corrected chi connectivity index (χ1v) is 8.32. The molecule has 0 radical (unpaired) electrons. The summed E-state index contributed by atoms with van der Waals surface area (Å²) >= 11 is 0. The number of hydrogen-bond acceptors (Lipinski definition) is 5. The van der Waals surface area contributed by atoms with Gasteiger partial charge in [0.25, 0.3) is 11.8 Å². The summed E-state index contributed by atoms with van der Waals surface area (Å²) < 4.78 is 17.7. The molecule has 1 aliphatic heterocycles. The summed E-state index contributed by atoms with van der Waals surface area (Å²) in [5.74, 6) is -2.81. The molecule has 0 spiro atoms. The second-order valence-corrected chi connectivity index (χ2v) is 5.90. The molecule has 1 aliphatic rings. The maximum Gasteiger partial charge on any atom is 0.325 e. The number of fused-ring (bicyclic) bond motifs is 1. The van der Waals surface area contributed by atoms with Crippen LogP contribution < -0.4 is 15.5 Å². The van der Waals surface area contributed by atoms with Crippen LogP contribution in [0.5, 0.6) is 0 Å². The quantitative estimate of drug-likeness (QED) is 0.750. The third-order valence-corrected chi connectivity index (χ3v) is 3.93. The number of amides is 3. The van der Waals surface area contributed by atoms with Crippen molar-refractivity contribution in [1.82, 2.24) is 5.32 Å². The molecule has 9 heteroatoms. The van der Waals surface area contributed by atoms with Crippen molar-refractivity contribution < 1.29 is 28.3 Å². The Labute approximate surface area is 159 Å². The largest absolute Gasteiger partial charge is 0.454 e. The Kier molecular flexibility index (Phi) is 5.64. The van der Waals surface area contributed by atoms with Gasteiger partial charge in [-0.05, 0) is 36.4 Å². The minimum absolute atomic E-state index is 0.182. The van der Waals surface area contributed by atoms with Gasteiger partial charge < -0.3 is 15.4 Å². The van der Waals surface area contributed by atoms with Crippen molar-refractivity contribution in [1.29, 1.82) is 0 Å². The van der Waals surface area contributed by atoms with Crippen molar-refractivity contribution in [3.05, 3.63) is 59.9 Å². The fraction of sp³-hybridized carbons (Fsp3) is 0.158. The van der Waals surface area contributed by atoms with Gasteiger partial charge in [0.1, 0.15) is 18.9 Å². The van der Waals surface area contributed by atoms with E-state index in [9.17, 15) is 23.6 Å². The van der Waals surface area contributed by atoms with Gasteiger partial charge in [-0.15, -0.1) is 0 Å². The normalized spacial score (nSPS) is 12.6. The number of para-hydroxylation sites is 2. The van der Waals surface area contributed by atoms with E-state index in [0.29, 0.717) is 11.4 Å². The van der Waals surface area contributed by atoms with E-state index in [2.05, 4.69) is 10.6 Å². The molecule has 0 aliphatic carbocycles. The van der Waals surface area contributed by atoms with Gasteiger partial charge in [-0.25, -0.2) is 4.39 Å². The van der Waals surface area contributed by atoms with Crippen molar-refractivity contribution in [2.45, 2.75) is 0 Å². The Morgan fingerprint density at radius 3 is 2.57 bits per heavy atom. The number of nitrogens with zero attached hydrogens (tertiary/aromatic N) is 1. The number of hydrogen-bond donors (Lipinski definition) is 2. The molecule has 0 aromatic heterocycles. The van der Waals surface area contributed by atoms with Crippen LogP contribution in [-0.4, -0.2) is 43.4 Å². The number of rotatable bonds is 5. The first kappa shape index (κ1) is 19.0. The van der Waals surface area contributed by atoms with E-state index in [0.717, 1.165) is 12.1 Å². The van der Waals surface area contributed by atoms with E-state index >= 15 is 0 Å². The van der Waals surface area contributed by atoms with Crippen molar-refractivity contribution >= 4 is 35.1 Å². The summed E-state index contributed by atoms with van der Waals surface area (Å²) in [6, 6.07) is 11.6. The Morgan fingerprint density at radius 1 is 1.11 bits per heavy atom. The second-order valence-electron chi connectivity index (χ2n) is 5.90. The topological polar surface area (TPSA) is 105 Å². The minimum Gasteiger partial charge on any atom is -0.454 e. The van der Waals surface area contributed by atoms with Crippen LogP contribution in [0.4, 0.5) is 15.8 Å². The second kappa shape index (κ2) is 8.30. The molecule has 8 nitrogen and oxygen atoms in total. The van der Waals surface area contributed by atoms with E-state index in [4.69, 9.17) is 4.74 Å². The highest BCUT2D eigenvalue weighted by atomic mass is 19.1. The predicted molar refractivity (Wildman–Crippen MR) is 97.1 cm³/mol. The Hall–Kier alpha value is -3.75. The van der Waals surface area contributed by atoms with Crippen molar-refractivity contribution in [2.75, 3.05) is 29.9 Å². The third kappa shape index (κ3) is 4.50. The summed E-state index contributed by atoms with van der Waals surface area (Å²) in [6.45, 7) is -1.22. The number of benzene rings is 2. The maximum absolute atomic E-state index is 12.8. The number of halogens is 1. The molecule has 1 heterocycles. The zero-order chi connectivity index (χ0) is 20.1. The summed E-state index contributed by atoms with van der Waals surface area (Å²) in [4.78, 5) is 48.9. The number of anilines is 2. The average molecular weight is 385 g/mol. The molecule has 0 saturated heterocycles. The molecular formula is C19H16FN3O5.